The van der Waals surface area contributed by atoms with Gasteiger partial charge in [0.15, 0.2) is 5.16 Å². The van der Waals surface area contributed by atoms with Gasteiger partial charge < -0.3 is 9.64 Å². The Morgan fingerprint density at radius 2 is 2.00 bits per heavy atom. The third-order valence-electron chi connectivity index (χ3n) is 4.58. The van der Waals surface area contributed by atoms with Crippen molar-refractivity contribution in [2.24, 2.45) is 0 Å². The number of halogens is 1. The van der Waals surface area contributed by atoms with Gasteiger partial charge in [-0.2, -0.15) is 0 Å². The van der Waals surface area contributed by atoms with E-state index < -0.39 is 0 Å². The second-order valence-electron chi connectivity index (χ2n) is 6.59. The number of thioether (sulfide) groups is 1. The first kappa shape index (κ1) is 17.2. The lowest BCUT2D eigenvalue weighted by Crippen LogP contribution is -2.31. The SMILES string of the molecule is Brc1cccc(OCCSc2nnc(N3CCCCC3)n2C2CC2)c1. The van der Waals surface area contributed by atoms with Crippen molar-refractivity contribution in [2.45, 2.75) is 43.3 Å². The summed E-state index contributed by atoms with van der Waals surface area (Å²) in [6, 6.07) is 8.56. The van der Waals surface area contributed by atoms with Gasteiger partial charge in [0.05, 0.1) is 6.61 Å². The van der Waals surface area contributed by atoms with E-state index in [1.54, 1.807) is 11.8 Å². The molecule has 1 aromatic heterocycles. The molecule has 1 aromatic carbocycles. The number of nitrogens with zero attached hydrogens (tertiary/aromatic N) is 4. The van der Waals surface area contributed by atoms with Crippen molar-refractivity contribution in [2.75, 3.05) is 30.3 Å². The van der Waals surface area contributed by atoms with Crippen LogP contribution in [0.2, 0.25) is 0 Å². The molecule has 0 bridgehead atoms. The Kier molecular flexibility index (Phi) is 5.51. The molecule has 0 atom stereocenters. The van der Waals surface area contributed by atoms with Crippen molar-refractivity contribution in [1.29, 1.82) is 0 Å². The number of rotatable bonds is 7. The van der Waals surface area contributed by atoms with Crippen LogP contribution >= 0.6 is 27.7 Å². The van der Waals surface area contributed by atoms with Crippen LogP contribution in [0.15, 0.2) is 33.9 Å². The molecule has 1 saturated heterocycles. The molecule has 5 nitrogen and oxygen atoms in total. The van der Waals surface area contributed by atoms with Crippen molar-refractivity contribution in [3.8, 4) is 5.75 Å². The number of hydrogen-bond acceptors (Lipinski definition) is 5. The highest BCUT2D eigenvalue weighted by Crippen LogP contribution is 2.41. The number of benzene rings is 1. The van der Waals surface area contributed by atoms with E-state index in [0.717, 1.165) is 40.2 Å². The highest BCUT2D eigenvalue weighted by molar-refractivity contribution is 9.10. The van der Waals surface area contributed by atoms with Crippen LogP contribution < -0.4 is 9.64 Å². The normalized spacial score (nSPS) is 17.7. The average Bonchev–Trinajstić information content (AvgIpc) is 3.39. The van der Waals surface area contributed by atoms with E-state index in [1.165, 1.54) is 32.1 Å². The molecule has 1 aliphatic heterocycles. The quantitative estimate of drug-likeness (QED) is 0.483. The van der Waals surface area contributed by atoms with E-state index in [4.69, 9.17) is 4.74 Å². The van der Waals surface area contributed by atoms with Gasteiger partial charge in [-0.05, 0) is 50.3 Å². The Hall–Kier alpha value is -1.21. The summed E-state index contributed by atoms with van der Waals surface area (Å²) in [6.07, 6.45) is 6.37. The van der Waals surface area contributed by atoms with Gasteiger partial charge in [-0.25, -0.2) is 0 Å². The maximum atomic E-state index is 5.83. The minimum atomic E-state index is 0.598. The lowest BCUT2D eigenvalue weighted by Gasteiger charge is -2.27. The molecule has 2 heterocycles. The molecule has 2 fully saturated rings. The van der Waals surface area contributed by atoms with Gasteiger partial charge in [0.2, 0.25) is 5.95 Å². The second kappa shape index (κ2) is 7.99. The van der Waals surface area contributed by atoms with Crippen LogP contribution in [0.4, 0.5) is 5.95 Å². The zero-order valence-electron chi connectivity index (χ0n) is 14.2. The summed E-state index contributed by atoms with van der Waals surface area (Å²) in [7, 11) is 0. The van der Waals surface area contributed by atoms with Crippen LogP contribution in [0.5, 0.6) is 5.75 Å². The molecular weight excluding hydrogens is 400 g/mol. The van der Waals surface area contributed by atoms with Gasteiger partial charge in [0.25, 0.3) is 0 Å². The number of aromatic nitrogens is 3. The predicted molar refractivity (Wildman–Crippen MR) is 105 cm³/mol. The van der Waals surface area contributed by atoms with Crippen LogP contribution in [0, 0.1) is 0 Å². The molecule has 0 unspecified atom stereocenters. The van der Waals surface area contributed by atoms with E-state index >= 15 is 0 Å². The number of hydrogen-bond donors (Lipinski definition) is 0. The minimum absolute atomic E-state index is 0.598. The third kappa shape index (κ3) is 4.31. The van der Waals surface area contributed by atoms with Crippen LogP contribution in [0.1, 0.15) is 38.1 Å². The van der Waals surface area contributed by atoms with Crippen molar-refractivity contribution >= 4 is 33.6 Å². The molecule has 134 valence electrons. The summed E-state index contributed by atoms with van der Waals surface area (Å²) in [6.45, 7) is 2.89. The number of piperidine rings is 1. The van der Waals surface area contributed by atoms with Crippen molar-refractivity contribution < 1.29 is 4.74 Å². The monoisotopic (exact) mass is 422 g/mol. The van der Waals surface area contributed by atoms with E-state index in [2.05, 4.69) is 35.6 Å². The molecule has 0 spiro atoms. The maximum Gasteiger partial charge on any atom is 0.228 e. The molecule has 1 aliphatic carbocycles. The first-order chi connectivity index (χ1) is 12.3. The maximum absolute atomic E-state index is 5.83. The number of ether oxygens (including phenoxy) is 1. The van der Waals surface area contributed by atoms with Crippen molar-refractivity contribution in [3.63, 3.8) is 0 Å². The summed E-state index contributed by atoms with van der Waals surface area (Å²) in [5.74, 6) is 2.85. The Morgan fingerprint density at radius 3 is 2.76 bits per heavy atom. The van der Waals surface area contributed by atoms with Gasteiger partial charge in [0, 0.05) is 29.4 Å². The van der Waals surface area contributed by atoms with Crippen molar-refractivity contribution in [3.05, 3.63) is 28.7 Å². The lowest BCUT2D eigenvalue weighted by atomic mass is 10.1. The molecule has 4 rings (SSSR count). The molecule has 2 aromatic rings. The van der Waals surface area contributed by atoms with Gasteiger partial charge in [0.1, 0.15) is 5.75 Å². The molecule has 7 heteroatoms. The summed E-state index contributed by atoms with van der Waals surface area (Å²) in [5.41, 5.74) is 0. The number of anilines is 1. The van der Waals surface area contributed by atoms with Gasteiger partial charge >= 0.3 is 0 Å². The van der Waals surface area contributed by atoms with E-state index in [9.17, 15) is 0 Å². The fraction of sp³-hybridized carbons (Fsp3) is 0.556. The highest BCUT2D eigenvalue weighted by atomic mass is 79.9. The van der Waals surface area contributed by atoms with Gasteiger partial charge in [-0.15, -0.1) is 10.2 Å². The second-order valence-corrected chi connectivity index (χ2v) is 8.56. The zero-order chi connectivity index (χ0) is 17.1. The van der Waals surface area contributed by atoms with Crippen LogP contribution in [-0.4, -0.2) is 40.2 Å². The fourth-order valence-corrected chi connectivity index (χ4v) is 4.37. The predicted octanol–water partition coefficient (Wildman–Crippen LogP) is 4.54. The van der Waals surface area contributed by atoms with Crippen LogP contribution in [0.3, 0.4) is 0 Å². The van der Waals surface area contributed by atoms with Crippen molar-refractivity contribution in [1.82, 2.24) is 14.8 Å². The molecular formula is C18H23BrN4OS. The Balaban J connectivity index is 1.36. The summed E-state index contributed by atoms with van der Waals surface area (Å²) in [4.78, 5) is 2.41. The minimum Gasteiger partial charge on any atom is -0.493 e. The van der Waals surface area contributed by atoms with Gasteiger partial charge in [-0.3, -0.25) is 4.57 Å². The average molecular weight is 423 g/mol. The molecule has 25 heavy (non-hydrogen) atoms. The molecule has 0 amide bonds. The van der Waals surface area contributed by atoms with Gasteiger partial charge in [-0.1, -0.05) is 33.8 Å². The van der Waals surface area contributed by atoms with E-state index in [1.807, 2.05) is 24.3 Å². The molecule has 2 aliphatic rings. The first-order valence-electron chi connectivity index (χ1n) is 9.02. The topological polar surface area (TPSA) is 43.2 Å². The summed E-state index contributed by atoms with van der Waals surface area (Å²) >= 11 is 5.22. The first-order valence-corrected chi connectivity index (χ1v) is 10.8. The Morgan fingerprint density at radius 1 is 1.16 bits per heavy atom. The van der Waals surface area contributed by atoms with Crippen LogP contribution in [-0.2, 0) is 0 Å². The Bertz CT molecular complexity index is 713. The van der Waals surface area contributed by atoms with Crippen LogP contribution in [0.25, 0.3) is 0 Å². The smallest absolute Gasteiger partial charge is 0.228 e. The standard InChI is InChI=1S/C18H23BrN4OS/c19-14-5-4-6-16(13-14)24-11-12-25-18-21-20-17(23(18)15-7-8-15)22-9-2-1-3-10-22/h4-6,13,15H,1-3,7-12H2. The summed E-state index contributed by atoms with van der Waals surface area (Å²) in [5, 5.41) is 10.0. The van der Waals surface area contributed by atoms with E-state index in [0.29, 0.717) is 12.6 Å². The molecule has 0 N–H and O–H groups in total. The largest absolute Gasteiger partial charge is 0.493 e. The Labute approximate surface area is 161 Å². The molecule has 1 saturated carbocycles. The highest BCUT2D eigenvalue weighted by Gasteiger charge is 2.31. The van der Waals surface area contributed by atoms with E-state index in [-0.39, 0.29) is 0 Å². The zero-order valence-corrected chi connectivity index (χ0v) is 16.6. The third-order valence-corrected chi connectivity index (χ3v) is 5.98. The fourth-order valence-electron chi connectivity index (χ4n) is 3.18. The molecule has 0 radical (unpaired) electrons. The lowest BCUT2D eigenvalue weighted by molar-refractivity contribution is 0.343. The summed E-state index contributed by atoms with van der Waals surface area (Å²) < 4.78 is 9.24.